The van der Waals surface area contributed by atoms with Crippen molar-refractivity contribution >= 4 is 11.9 Å². The summed E-state index contributed by atoms with van der Waals surface area (Å²) in [5.41, 5.74) is 0. The van der Waals surface area contributed by atoms with Crippen molar-refractivity contribution in [1.29, 1.82) is 0 Å². The maximum absolute atomic E-state index is 10.4. The van der Waals surface area contributed by atoms with Gasteiger partial charge in [-0.25, -0.2) is 0 Å². The largest absolute Gasteiger partial charge is 0.547 e. The zero-order valence-electron chi connectivity index (χ0n) is 7.32. The number of hydrogen-bond donors (Lipinski definition) is 3. The lowest BCUT2D eigenvalue weighted by Gasteiger charge is -2.42. The predicted molar refractivity (Wildman–Crippen MR) is 36.5 cm³/mol. The van der Waals surface area contributed by atoms with Gasteiger partial charge in [0.15, 0.2) is 0 Å². The number of carbonyl (C=O) groups is 2. The van der Waals surface area contributed by atoms with Crippen molar-refractivity contribution < 1.29 is 39.9 Å². The van der Waals surface area contributed by atoms with E-state index in [-0.39, 0.29) is 0 Å². The van der Waals surface area contributed by atoms with Crippen molar-refractivity contribution in [3.05, 3.63) is 0 Å². The van der Waals surface area contributed by atoms with Crippen molar-refractivity contribution in [3.63, 3.8) is 0 Å². The van der Waals surface area contributed by atoms with E-state index in [0.717, 1.165) is 0 Å². The van der Waals surface area contributed by atoms with Gasteiger partial charge in [0.1, 0.15) is 18.2 Å². The van der Waals surface area contributed by atoms with Crippen LogP contribution in [0.3, 0.4) is 0 Å². The molecule has 1 saturated heterocycles. The molecule has 86 valence electrons. The van der Waals surface area contributed by atoms with Crippen LogP contribution in [0.25, 0.3) is 0 Å². The molecule has 0 aromatic carbocycles. The average Bonchev–Trinajstić information content (AvgIpc) is 2.10. The van der Waals surface area contributed by atoms with Crippen LogP contribution >= 0.6 is 0 Å². The SMILES string of the molecule is O=C([O-])[C@H]1O[C@](O)(C(=O)[O-])C[C@@H](O)[C@H]1O. The van der Waals surface area contributed by atoms with Crippen molar-refractivity contribution in [3.8, 4) is 0 Å². The monoisotopic (exact) mass is 220 g/mol. The molecule has 0 bridgehead atoms. The highest BCUT2D eigenvalue weighted by atomic mass is 16.7. The fourth-order valence-electron chi connectivity index (χ4n) is 1.25. The summed E-state index contributed by atoms with van der Waals surface area (Å²) in [5, 5.41) is 48.2. The van der Waals surface area contributed by atoms with Crippen LogP contribution in [0.2, 0.25) is 0 Å². The molecule has 8 heteroatoms. The molecule has 0 spiro atoms. The smallest absolute Gasteiger partial charge is 0.210 e. The van der Waals surface area contributed by atoms with E-state index in [1.807, 2.05) is 0 Å². The molecule has 1 aliphatic heterocycles. The zero-order chi connectivity index (χ0) is 11.8. The lowest BCUT2D eigenvalue weighted by Crippen LogP contribution is -2.65. The molecule has 0 aliphatic carbocycles. The molecule has 0 aromatic rings. The summed E-state index contributed by atoms with van der Waals surface area (Å²) < 4.78 is 4.20. The molecule has 1 heterocycles. The topological polar surface area (TPSA) is 150 Å². The Hall–Kier alpha value is -1.22. The van der Waals surface area contributed by atoms with Crippen LogP contribution in [0.5, 0.6) is 0 Å². The van der Waals surface area contributed by atoms with E-state index in [0.29, 0.717) is 0 Å². The summed E-state index contributed by atoms with van der Waals surface area (Å²) >= 11 is 0. The number of aliphatic hydroxyl groups is 3. The number of aliphatic hydroxyl groups excluding tert-OH is 2. The molecule has 0 amide bonds. The molecule has 0 aromatic heterocycles. The molecule has 1 fully saturated rings. The molecule has 0 unspecified atom stereocenters. The van der Waals surface area contributed by atoms with Crippen molar-refractivity contribution in [2.24, 2.45) is 0 Å². The van der Waals surface area contributed by atoms with E-state index in [4.69, 9.17) is 10.2 Å². The van der Waals surface area contributed by atoms with Gasteiger partial charge >= 0.3 is 0 Å². The van der Waals surface area contributed by atoms with Crippen molar-refractivity contribution in [1.82, 2.24) is 0 Å². The molecular weight excluding hydrogens is 212 g/mol. The molecular formula is C7H8O8-2. The number of ether oxygens (including phenoxy) is 1. The quantitative estimate of drug-likeness (QED) is 0.417. The molecule has 8 nitrogen and oxygen atoms in total. The highest BCUT2D eigenvalue weighted by Gasteiger charge is 2.46. The van der Waals surface area contributed by atoms with Crippen LogP contribution in [0.15, 0.2) is 0 Å². The van der Waals surface area contributed by atoms with Crippen LogP contribution in [0, 0.1) is 0 Å². The van der Waals surface area contributed by atoms with E-state index >= 15 is 0 Å². The fraction of sp³-hybridized carbons (Fsp3) is 0.714. The van der Waals surface area contributed by atoms with E-state index in [1.165, 1.54) is 0 Å². The van der Waals surface area contributed by atoms with Crippen molar-refractivity contribution in [2.45, 2.75) is 30.5 Å². The third kappa shape index (κ3) is 2.07. The average molecular weight is 220 g/mol. The number of carbonyl (C=O) groups excluding carboxylic acids is 2. The molecule has 0 radical (unpaired) electrons. The van der Waals surface area contributed by atoms with Crippen LogP contribution in [0.1, 0.15) is 6.42 Å². The summed E-state index contributed by atoms with van der Waals surface area (Å²) in [6, 6.07) is 0. The standard InChI is InChI=1S/C7H10O8/c8-2-1-7(14,6(12)13)15-4(3(2)9)5(10)11/h2-4,8-9,14H,1H2,(H,10,11)(H,12,13)/p-2/t2-,3-,4+,7+/m1/s1. The summed E-state index contributed by atoms with van der Waals surface area (Å²) in [5.74, 6) is -6.98. The minimum Gasteiger partial charge on any atom is -0.547 e. The number of aliphatic carboxylic acids is 2. The Bertz CT molecular complexity index is 289. The van der Waals surface area contributed by atoms with Crippen molar-refractivity contribution in [2.75, 3.05) is 0 Å². The van der Waals surface area contributed by atoms with Gasteiger partial charge in [0.2, 0.25) is 5.79 Å². The Morgan fingerprint density at radius 2 is 1.87 bits per heavy atom. The molecule has 15 heavy (non-hydrogen) atoms. The van der Waals surface area contributed by atoms with Gasteiger partial charge in [-0.3, -0.25) is 0 Å². The third-order valence-corrected chi connectivity index (χ3v) is 2.06. The molecule has 4 atom stereocenters. The maximum atomic E-state index is 10.4. The first-order valence-corrected chi connectivity index (χ1v) is 3.96. The first kappa shape index (κ1) is 11.9. The lowest BCUT2D eigenvalue weighted by molar-refractivity contribution is -0.383. The van der Waals surface area contributed by atoms with Crippen LogP contribution in [0.4, 0.5) is 0 Å². The molecule has 0 saturated carbocycles. The highest BCUT2D eigenvalue weighted by molar-refractivity contribution is 5.76. The minimum absolute atomic E-state index is 0.889. The highest BCUT2D eigenvalue weighted by Crippen LogP contribution is 2.26. The normalized spacial score (nSPS) is 41.1. The summed E-state index contributed by atoms with van der Waals surface area (Å²) in [4.78, 5) is 20.8. The summed E-state index contributed by atoms with van der Waals surface area (Å²) in [7, 11) is 0. The lowest BCUT2D eigenvalue weighted by atomic mass is 9.95. The summed E-state index contributed by atoms with van der Waals surface area (Å²) in [6.45, 7) is 0. The van der Waals surface area contributed by atoms with E-state index in [9.17, 15) is 24.9 Å². The number of carboxylic acid groups (broad SMARTS) is 2. The molecule has 3 N–H and O–H groups in total. The van der Waals surface area contributed by atoms with Gasteiger partial charge in [-0.05, 0) is 0 Å². The Morgan fingerprint density at radius 1 is 1.33 bits per heavy atom. The van der Waals surface area contributed by atoms with E-state index in [1.54, 1.807) is 0 Å². The van der Waals surface area contributed by atoms with Gasteiger partial charge in [0.25, 0.3) is 0 Å². The Labute approximate surface area is 83.3 Å². The van der Waals surface area contributed by atoms with Gasteiger partial charge in [-0.15, -0.1) is 0 Å². The Kier molecular flexibility index (Phi) is 2.95. The van der Waals surface area contributed by atoms with Crippen LogP contribution in [-0.4, -0.2) is 51.4 Å². The summed E-state index contributed by atoms with van der Waals surface area (Å²) in [6.07, 6.45) is -6.64. The second-order valence-electron chi connectivity index (χ2n) is 3.19. The first-order chi connectivity index (χ1) is 6.78. The van der Waals surface area contributed by atoms with Crippen LogP contribution in [-0.2, 0) is 14.3 Å². The van der Waals surface area contributed by atoms with Gasteiger partial charge in [0, 0.05) is 6.42 Å². The first-order valence-electron chi connectivity index (χ1n) is 3.96. The van der Waals surface area contributed by atoms with Gasteiger partial charge < -0.3 is 39.9 Å². The predicted octanol–water partition coefficient (Wildman–Crippen LogP) is -5.31. The van der Waals surface area contributed by atoms with E-state index in [2.05, 4.69) is 4.74 Å². The number of carboxylic acids is 2. The Morgan fingerprint density at radius 3 is 2.27 bits per heavy atom. The Balaban J connectivity index is 2.93. The molecule has 1 aliphatic rings. The number of hydrogen-bond acceptors (Lipinski definition) is 8. The molecule has 1 rings (SSSR count). The second-order valence-corrected chi connectivity index (χ2v) is 3.19. The fourth-order valence-corrected chi connectivity index (χ4v) is 1.25. The third-order valence-electron chi connectivity index (χ3n) is 2.06. The maximum Gasteiger partial charge on any atom is 0.210 e. The van der Waals surface area contributed by atoms with Gasteiger partial charge in [0.05, 0.1) is 12.1 Å². The zero-order valence-corrected chi connectivity index (χ0v) is 7.32. The minimum atomic E-state index is -2.94. The van der Waals surface area contributed by atoms with Crippen LogP contribution < -0.4 is 10.2 Å². The van der Waals surface area contributed by atoms with Gasteiger partial charge in [-0.2, -0.15) is 0 Å². The van der Waals surface area contributed by atoms with E-state index < -0.39 is 42.5 Å². The van der Waals surface area contributed by atoms with Gasteiger partial charge in [-0.1, -0.05) is 0 Å². The second kappa shape index (κ2) is 3.74. The number of rotatable bonds is 2.